The van der Waals surface area contributed by atoms with Crippen LogP contribution in [-0.2, 0) is 9.53 Å². The minimum absolute atomic E-state index is 0.0775. The zero-order valence-corrected chi connectivity index (χ0v) is 7.78. The molecule has 1 unspecified atom stereocenters. The van der Waals surface area contributed by atoms with Gasteiger partial charge in [0.2, 0.25) is 0 Å². The first kappa shape index (κ1) is 12.3. The van der Waals surface area contributed by atoms with E-state index in [1.54, 1.807) is 0 Å². The molecule has 1 atom stereocenters. The molecule has 0 aliphatic carbocycles. The highest BCUT2D eigenvalue weighted by Gasteiger charge is 2.10. The molecule has 13 heavy (non-hydrogen) atoms. The van der Waals surface area contributed by atoms with Crippen LogP contribution in [0.3, 0.4) is 0 Å². The van der Waals surface area contributed by atoms with Crippen molar-refractivity contribution in [2.24, 2.45) is 0 Å². The van der Waals surface area contributed by atoms with Gasteiger partial charge in [0.15, 0.2) is 5.83 Å². The van der Waals surface area contributed by atoms with Crippen LogP contribution in [0, 0.1) is 0 Å². The fraction of sp³-hybridized carbons (Fsp3) is 0.571. The van der Waals surface area contributed by atoms with E-state index in [2.05, 4.69) is 17.4 Å². The normalized spacial score (nSPS) is 12.1. The van der Waals surface area contributed by atoms with E-state index in [1.165, 1.54) is 0 Å². The Kier molecular flexibility index (Phi) is 5.61. The molecule has 0 saturated heterocycles. The maximum absolute atomic E-state index is 12.2. The van der Waals surface area contributed by atoms with Gasteiger partial charge in [0.05, 0.1) is 0 Å². The van der Waals surface area contributed by atoms with E-state index in [0.717, 1.165) is 6.92 Å². The molecule has 2 nitrogen and oxygen atoms in total. The lowest BCUT2D eigenvalue weighted by Gasteiger charge is -2.08. The summed E-state index contributed by atoms with van der Waals surface area (Å²) in [5, 5.41) is 0. The van der Waals surface area contributed by atoms with Crippen molar-refractivity contribution < 1.29 is 22.7 Å². The largest absolute Gasteiger partial charge is 0.452 e. The smallest absolute Gasteiger partial charge is 0.303 e. The second kappa shape index (κ2) is 5.90. The van der Waals surface area contributed by atoms with Crippen LogP contribution in [0.25, 0.3) is 0 Å². The number of carbonyl (C=O) groups excluding carboxylic acids is 1. The van der Waals surface area contributed by atoms with Crippen molar-refractivity contribution in [1.82, 2.24) is 0 Å². The Morgan fingerprint density at radius 3 is 2.38 bits per heavy atom. The van der Waals surface area contributed by atoms with Gasteiger partial charge in [-0.3, -0.25) is 4.79 Å². The van der Waals surface area contributed by atoms with E-state index >= 15 is 0 Å². The number of ether oxygens (including phenoxy) is 1. The first-order chi connectivity index (χ1) is 5.93. The van der Waals surface area contributed by atoms with E-state index in [-0.39, 0.29) is 6.42 Å². The number of hydrogen-bond donors (Lipinski definition) is 1. The lowest BCUT2D eigenvalue weighted by atomic mass is 10.3. The fourth-order valence-electron chi connectivity index (χ4n) is 0.595. The summed E-state index contributed by atoms with van der Waals surface area (Å²) in [5.74, 6) is -2.07. The molecule has 0 spiro atoms. The average molecular weight is 214 g/mol. The van der Waals surface area contributed by atoms with E-state index < -0.39 is 29.7 Å². The molecule has 0 aromatic rings. The number of halogens is 3. The second-order valence-electron chi connectivity index (χ2n) is 2.27. The van der Waals surface area contributed by atoms with Gasteiger partial charge in [0, 0.05) is 19.8 Å². The summed E-state index contributed by atoms with van der Waals surface area (Å²) >= 11 is 3.74. The van der Waals surface area contributed by atoms with Gasteiger partial charge in [-0.15, -0.1) is 12.6 Å². The molecule has 0 amide bonds. The maximum atomic E-state index is 12.2. The number of carbonyl (C=O) groups is 1. The highest BCUT2D eigenvalue weighted by Crippen LogP contribution is 2.18. The van der Waals surface area contributed by atoms with Gasteiger partial charge in [-0.25, -0.2) is 4.39 Å². The van der Waals surface area contributed by atoms with Crippen LogP contribution in [0.5, 0.6) is 0 Å². The third kappa shape index (κ3) is 6.51. The van der Waals surface area contributed by atoms with Crippen LogP contribution >= 0.6 is 12.6 Å². The first-order valence-electron chi connectivity index (χ1n) is 3.48. The SMILES string of the molecule is CC(=O)OC(S)CCC(F)=C(F)F. The number of hydrogen-bond acceptors (Lipinski definition) is 3. The molecule has 0 radical (unpaired) electrons. The van der Waals surface area contributed by atoms with Crippen molar-refractivity contribution in [3.8, 4) is 0 Å². The Hall–Kier alpha value is -0.650. The van der Waals surface area contributed by atoms with Crippen LogP contribution in [0.4, 0.5) is 13.2 Å². The molecule has 0 saturated carbocycles. The third-order valence-corrected chi connectivity index (χ3v) is 1.48. The third-order valence-electron chi connectivity index (χ3n) is 1.12. The zero-order chi connectivity index (χ0) is 10.4. The van der Waals surface area contributed by atoms with E-state index in [0.29, 0.717) is 0 Å². The second-order valence-corrected chi connectivity index (χ2v) is 2.84. The first-order valence-corrected chi connectivity index (χ1v) is 4.00. The molecule has 0 aliphatic rings. The molecule has 0 rings (SSSR count). The van der Waals surface area contributed by atoms with Crippen molar-refractivity contribution in [3.05, 3.63) is 11.9 Å². The van der Waals surface area contributed by atoms with Crippen molar-refractivity contribution in [2.75, 3.05) is 0 Å². The summed E-state index contributed by atoms with van der Waals surface area (Å²) < 4.78 is 39.7. The molecule has 0 bridgehead atoms. The maximum Gasteiger partial charge on any atom is 0.303 e. The minimum Gasteiger partial charge on any atom is -0.452 e. The topological polar surface area (TPSA) is 26.3 Å². The van der Waals surface area contributed by atoms with Crippen molar-refractivity contribution in [3.63, 3.8) is 0 Å². The van der Waals surface area contributed by atoms with Gasteiger partial charge in [0.1, 0.15) is 5.44 Å². The van der Waals surface area contributed by atoms with E-state index in [9.17, 15) is 18.0 Å². The van der Waals surface area contributed by atoms with Crippen LogP contribution in [0.2, 0.25) is 0 Å². The predicted molar refractivity (Wildman–Crippen MR) is 44.1 cm³/mol. The summed E-state index contributed by atoms with van der Waals surface area (Å²) in [7, 11) is 0. The predicted octanol–water partition coefficient (Wildman–Crippen LogP) is 2.66. The molecule has 0 aliphatic heterocycles. The Bertz CT molecular complexity index is 214. The molecule has 0 fully saturated rings. The van der Waals surface area contributed by atoms with E-state index in [1.807, 2.05) is 0 Å². The van der Waals surface area contributed by atoms with Crippen LogP contribution in [0.1, 0.15) is 19.8 Å². The van der Waals surface area contributed by atoms with Gasteiger partial charge >= 0.3 is 12.0 Å². The van der Waals surface area contributed by atoms with Gasteiger partial charge in [-0.2, -0.15) is 8.78 Å². The number of thiol groups is 1. The highest BCUT2D eigenvalue weighted by molar-refractivity contribution is 7.80. The molecule has 76 valence electrons. The Morgan fingerprint density at radius 1 is 1.46 bits per heavy atom. The average Bonchev–Trinajstić information content (AvgIpc) is 1.98. The molecule has 0 aromatic heterocycles. The number of rotatable bonds is 4. The fourth-order valence-corrected chi connectivity index (χ4v) is 0.873. The monoisotopic (exact) mass is 214 g/mol. The molecule has 0 aromatic carbocycles. The van der Waals surface area contributed by atoms with Gasteiger partial charge in [-0.05, 0) is 0 Å². The van der Waals surface area contributed by atoms with Gasteiger partial charge < -0.3 is 4.74 Å². The van der Waals surface area contributed by atoms with Crippen molar-refractivity contribution in [2.45, 2.75) is 25.2 Å². The Labute approximate surface area is 79.2 Å². The van der Waals surface area contributed by atoms with Crippen molar-refractivity contribution in [1.29, 1.82) is 0 Å². The summed E-state index contributed by atoms with van der Waals surface area (Å²) in [6.07, 6.45) is -2.90. The Balaban J connectivity index is 3.77. The molecule has 0 heterocycles. The quantitative estimate of drug-likeness (QED) is 0.442. The van der Waals surface area contributed by atoms with Crippen LogP contribution in [0.15, 0.2) is 11.9 Å². The highest BCUT2D eigenvalue weighted by atomic mass is 32.1. The molecular formula is C7H9F3O2S. The van der Waals surface area contributed by atoms with Crippen LogP contribution < -0.4 is 0 Å². The number of allylic oxidation sites excluding steroid dienone is 1. The summed E-state index contributed by atoms with van der Waals surface area (Å²) in [4.78, 5) is 10.3. The van der Waals surface area contributed by atoms with Gasteiger partial charge in [-0.1, -0.05) is 0 Å². The minimum atomic E-state index is -2.34. The summed E-state index contributed by atoms with van der Waals surface area (Å²) in [6, 6.07) is 0. The zero-order valence-electron chi connectivity index (χ0n) is 6.89. The lowest BCUT2D eigenvalue weighted by Crippen LogP contribution is -2.09. The molecule has 6 heteroatoms. The van der Waals surface area contributed by atoms with Gasteiger partial charge in [0.25, 0.3) is 0 Å². The van der Waals surface area contributed by atoms with Crippen LogP contribution in [-0.4, -0.2) is 11.4 Å². The lowest BCUT2D eigenvalue weighted by molar-refractivity contribution is -0.142. The van der Waals surface area contributed by atoms with E-state index in [4.69, 9.17) is 0 Å². The molecule has 0 N–H and O–H groups in total. The summed E-state index contributed by atoms with van der Waals surface area (Å²) in [5.41, 5.74) is -0.845. The van der Waals surface area contributed by atoms with Crippen molar-refractivity contribution >= 4 is 18.6 Å². The number of esters is 1. The Morgan fingerprint density at radius 2 is 2.00 bits per heavy atom. The molecular weight excluding hydrogens is 205 g/mol. The standard InChI is InChI=1S/C7H9F3O2S/c1-4(11)12-6(13)3-2-5(8)7(9)10/h6,13H,2-3H2,1H3. The summed E-state index contributed by atoms with van der Waals surface area (Å²) in [6.45, 7) is 1.16.